The zero-order chi connectivity index (χ0) is 19.1. The molecule has 1 fully saturated rings. The van der Waals surface area contributed by atoms with Crippen LogP contribution in [0.25, 0.3) is 0 Å². The number of imide groups is 1. The second-order valence-corrected chi connectivity index (χ2v) is 8.38. The number of amides is 3. The van der Waals surface area contributed by atoms with Crippen LogP contribution in [-0.4, -0.2) is 20.4 Å². The molecule has 1 unspecified atom stereocenters. The first-order valence-corrected chi connectivity index (χ1v) is 9.57. The summed E-state index contributed by atoms with van der Waals surface area (Å²) in [5.74, 6) is -0.482. The molecule has 26 heavy (non-hydrogen) atoms. The van der Waals surface area contributed by atoms with E-state index in [0.717, 1.165) is 0 Å². The molecule has 1 aliphatic heterocycles. The smallest absolute Gasteiger partial charge is 0.320 e. The van der Waals surface area contributed by atoms with Crippen LogP contribution in [0.5, 0.6) is 0 Å². The maximum atomic E-state index is 12.5. The van der Waals surface area contributed by atoms with Gasteiger partial charge >= 0.3 is 6.03 Å². The summed E-state index contributed by atoms with van der Waals surface area (Å²) in [6, 6.07) is 9.48. The maximum Gasteiger partial charge on any atom is 0.322 e. The number of carbonyl (C=O) groups excluding carboxylic acids is 2. The highest BCUT2D eigenvalue weighted by Gasteiger charge is 2.43. The van der Waals surface area contributed by atoms with Crippen molar-refractivity contribution >= 4 is 50.9 Å². The predicted octanol–water partition coefficient (Wildman–Crippen LogP) is 2.85. The van der Waals surface area contributed by atoms with Crippen molar-refractivity contribution in [1.29, 1.82) is 0 Å². The Bertz CT molecular complexity index is 988. The van der Waals surface area contributed by atoms with Crippen LogP contribution in [0, 0.1) is 0 Å². The lowest BCUT2D eigenvalue weighted by atomic mass is 9.92. The Morgan fingerprint density at radius 3 is 2.08 bits per heavy atom. The molecule has 136 valence electrons. The van der Waals surface area contributed by atoms with Crippen molar-refractivity contribution in [1.82, 2.24) is 10.6 Å². The largest absolute Gasteiger partial charge is 0.322 e. The minimum atomic E-state index is -3.89. The van der Waals surface area contributed by atoms with Gasteiger partial charge in [0.25, 0.3) is 15.9 Å². The lowest BCUT2D eigenvalue weighted by Crippen LogP contribution is -2.40. The first-order chi connectivity index (χ1) is 12.1. The van der Waals surface area contributed by atoms with Gasteiger partial charge in [-0.25, -0.2) is 13.2 Å². The first kappa shape index (κ1) is 18.5. The molecule has 10 heteroatoms. The highest BCUT2D eigenvalue weighted by molar-refractivity contribution is 7.92. The number of anilines is 1. The molecule has 1 aliphatic rings. The molecule has 0 saturated carbocycles. The third-order valence-corrected chi connectivity index (χ3v) is 5.70. The zero-order valence-corrected chi connectivity index (χ0v) is 15.7. The van der Waals surface area contributed by atoms with E-state index in [1.165, 1.54) is 30.3 Å². The zero-order valence-electron chi connectivity index (χ0n) is 13.3. The van der Waals surface area contributed by atoms with Gasteiger partial charge in [-0.1, -0.05) is 35.3 Å². The Balaban J connectivity index is 1.85. The number of hydrogen-bond donors (Lipinski definition) is 3. The normalized spacial score (nSPS) is 19.8. The molecule has 0 aliphatic carbocycles. The fourth-order valence-electron chi connectivity index (χ4n) is 2.52. The summed E-state index contributed by atoms with van der Waals surface area (Å²) in [4.78, 5) is 23.2. The van der Waals surface area contributed by atoms with Crippen LogP contribution in [0.1, 0.15) is 12.5 Å². The van der Waals surface area contributed by atoms with E-state index in [1.54, 1.807) is 19.1 Å². The van der Waals surface area contributed by atoms with Crippen LogP contribution in [0.15, 0.2) is 47.4 Å². The summed E-state index contributed by atoms with van der Waals surface area (Å²) in [5, 5.41) is 5.10. The minimum Gasteiger partial charge on any atom is -0.320 e. The van der Waals surface area contributed by atoms with Crippen molar-refractivity contribution in [3.8, 4) is 0 Å². The number of carbonyl (C=O) groups is 2. The second-order valence-electron chi connectivity index (χ2n) is 5.82. The monoisotopic (exact) mass is 413 g/mol. The van der Waals surface area contributed by atoms with E-state index < -0.39 is 27.5 Å². The summed E-state index contributed by atoms with van der Waals surface area (Å²) in [6.45, 7) is 1.56. The van der Waals surface area contributed by atoms with Crippen LogP contribution in [0.3, 0.4) is 0 Å². The van der Waals surface area contributed by atoms with Gasteiger partial charge in [-0.05, 0) is 42.8 Å². The van der Waals surface area contributed by atoms with Crippen molar-refractivity contribution in [2.24, 2.45) is 0 Å². The summed E-state index contributed by atoms with van der Waals surface area (Å²) in [7, 11) is -3.89. The fourth-order valence-corrected chi connectivity index (χ4v) is 4.30. The van der Waals surface area contributed by atoms with E-state index in [2.05, 4.69) is 15.4 Å². The Kier molecular flexibility index (Phi) is 4.60. The predicted molar refractivity (Wildman–Crippen MR) is 97.7 cm³/mol. The van der Waals surface area contributed by atoms with E-state index in [0.29, 0.717) is 5.56 Å². The molecule has 1 saturated heterocycles. The Morgan fingerprint density at radius 1 is 1.00 bits per heavy atom. The lowest BCUT2D eigenvalue weighted by Gasteiger charge is -2.21. The number of urea groups is 1. The lowest BCUT2D eigenvalue weighted by molar-refractivity contribution is -0.123. The van der Waals surface area contributed by atoms with Gasteiger partial charge in [0, 0.05) is 15.7 Å². The van der Waals surface area contributed by atoms with Crippen molar-refractivity contribution < 1.29 is 18.0 Å². The van der Waals surface area contributed by atoms with Crippen LogP contribution in [0.2, 0.25) is 10.0 Å². The molecule has 3 amide bonds. The van der Waals surface area contributed by atoms with Gasteiger partial charge in [-0.15, -0.1) is 0 Å². The fraction of sp³-hybridized carbons (Fsp3) is 0.125. The van der Waals surface area contributed by atoms with Crippen LogP contribution < -0.4 is 15.4 Å². The molecule has 7 nitrogen and oxygen atoms in total. The number of halogens is 2. The van der Waals surface area contributed by atoms with Crippen LogP contribution in [0.4, 0.5) is 10.5 Å². The average molecular weight is 414 g/mol. The van der Waals surface area contributed by atoms with E-state index in [1.807, 2.05) is 0 Å². The molecule has 0 aromatic heterocycles. The number of hydrogen-bond acceptors (Lipinski definition) is 4. The molecule has 0 bridgehead atoms. The molecule has 2 aromatic carbocycles. The van der Waals surface area contributed by atoms with Crippen molar-refractivity contribution in [2.45, 2.75) is 17.4 Å². The van der Waals surface area contributed by atoms with Gasteiger partial charge < -0.3 is 5.32 Å². The summed E-state index contributed by atoms with van der Waals surface area (Å²) >= 11 is 11.7. The minimum absolute atomic E-state index is 0.0755. The number of rotatable bonds is 4. The summed E-state index contributed by atoms with van der Waals surface area (Å²) in [6.07, 6.45) is 0. The molecule has 1 atom stereocenters. The van der Waals surface area contributed by atoms with E-state index in [-0.39, 0.29) is 20.6 Å². The van der Waals surface area contributed by atoms with Crippen LogP contribution >= 0.6 is 23.2 Å². The molecule has 1 heterocycles. The van der Waals surface area contributed by atoms with E-state index in [9.17, 15) is 18.0 Å². The molecule has 3 N–H and O–H groups in total. The van der Waals surface area contributed by atoms with Crippen molar-refractivity contribution in [3.63, 3.8) is 0 Å². The number of benzene rings is 2. The molecule has 0 spiro atoms. The first-order valence-electron chi connectivity index (χ1n) is 7.33. The topological polar surface area (TPSA) is 104 Å². The van der Waals surface area contributed by atoms with Crippen molar-refractivity contribution in [3.05, 3.63) is 58.1 Å². The summed E-state index contributed by atoms with van der Waals surface area (Å²) in [5.41, 5.74) is -0.428. The van der Waals surface area contributed by atoms with E-state index in [4.69, 9.17) is 23.2 Å². The molecule has 0 radical (unpaired) electrons. The third-order valence-electron chi connectivity index (χ3n) is 3.91. The SMILES string of the molecule is CC1(c2ccc(NS(=O)(=O)c3cc(Cl)cc(Cl)c3)cc2)NC(=O)NC1=O. The number of nitrogens with one attached hydrogen (secondary N) is 3. The molecule has 3 rings (SSSR count). The third kappa shape index (κ3) is 3.48. The highest BCUT2D eigenvalue weighted by Crippen LogP contribution is 2.27. The van der Waals surface area contributed by atoms with Crippen LogP contribution in [-0.2, 0) is 20.4 Å². The summed E-state index contributed by atoms with van der Waals surface area (Å²) < 4.78 is 27.3. The quantitative estimate of drug-likeness (QED) is 0.670. The molecular weight excluding hydrogens is 401 g/mol. The molecular formula is C16H13Cl2N3O4S. The maximum absolute atomic E-state index is 12.5. The van der Waals surface area contributed by atoms with E-state index >= 15 is 0 Å². The standard InChI is InChI=1S/C16H13Cl2N3O4S/c1-16(14(22)19-15(23)20-16)9-2-4-12(5-3-9)21-26(24,25)13-7-10(17)6-11(18)8-13/h2-8,21H,1H3,(H2,19,20,22,23). The number of sulfonamides is 1. The Labute approximate surface area is 159 Å². The van der Waals surface area contributed by atoms with Crippen molar-refractivity contribution in [2.75, 3.05) is 4.72 Å². The van der Waals surface area contributed by atoms with Gasteiger partial charge in [0.05, 0.1) is 4.90 Å². The highest BCUT2D eigenvalue weighted by atomic mass is 35.5. The second kappa shape index (κ2) is 6.46. The van der Waals surface area contributed by atoms with Gasteiger partial charge in [0.2, 0.25) is 0 Å². The molecule has 2 aromatic rings. The van der Waals surface area contributed by atoms with Gasteiger partial charge in [-0.2, -0.15) is 0 Å². The Morgan fingerprint density at radius 2 is 1.58 bits per heavy atom. The van der Waals surface area contributed by atoms with Gasteiger partial charge in [0.15, 0.2) is 0 Å². The van der Waals surface area contributed by atoms with Gasteiger partial charge in [0.1, 0.15) is 5.54 Å². The average Bonchev–Trinajstić information content (AvgIpc) is 2.80. The van der Waals surface area contributed by atoms with Gasteiger partial charge in [-0.3, -0.25) is 14.8 Å². The Hall–Kier alpha value is -2.29.